The van der Waals surface area contributed by atoms with Gasteiger partial charge in [-0.25, -0.2) is 4.39 Å². The molecule has 5 heteroatoms. The van der Waals surface area contributed by atoms with Crippen molar-refractivity contribution in [2.45, 2.75) is 11.4 Å². The molecule has 1 aliphatic rings. The van der Waals surface area contributed by atoms with Gasteiger partial charge in [0.05, 0.1) is 19.4 Å². The molecule has 1 heterocycles. The summed E-state index contributed by atoms with van der Waals surface area (Å²) < 4.78 is 18.7. The van der Waals surface area contributed by atoms with E-state index >= 15 is 0 Å². The zero-order valence-electron chi connectivity index (χ0n) is 16.9. The molecule has 0 fully saturated rings. The van der Waals surface area contributed by atoms with Crippen molar-refractivity contribution >= 4 is 23.0 Å². The number of ether oxygens (including phenoxy) is 1. The average Bonchev–Trinajstić information content (AvgIpc) is 2.80. The number of hydrazine groups is 1. The molecule has 0 atom stereocenters. The summed E-state index contributed by atoms with van der Waals surface area (Å²) in [7, 11) is 1.67. The van der Waals surface area contributed by atoms with Gasteiger partial charge in [-0.15, -0.1) is 11.8 Å². The van der Waals surface area contributed by atoms with Crippen LogP contribution >= 0.6 is 11.8 Å². The highest BCUT2D eigenvalue weighted by Crippen LogP contribution is 2.30. The highest BCUT2D eigenvalue weighted by Gasteiger charge is 2.17. The van der Waals surface area contributed by atoms with E-state index in [9.17, 15) is 4.39 Å². The van der Waals surface area contributed by atoms with Crippen LogP contribution < -0.4 is 10.2 Å². The molecule has 0 unspecified atom stereocenters. The summed E-state index contributed by atoms with van der Waals surface area (Å²) in [6.07, 6.45) is 6.16. The normalized spacial score (nSPS) is 13.4. The van der Waals surface area contributed by atoms with E-state index in [1.807, 2.05) is 35.5 Å². The fraction of sp³-hybridized carbons (Fsp3) is 0.120. The summed E-state index contributed by atoms with van der Waals surface area (Å²) in [6, 6.07) is 23.1. The fourth-order valence-electron chi connectivity index (χ4n) is 3.36. The maximum Gasteiger partial charge on any atom is 0.123 e. The Balaban J connectivity index is 1.65. The Hall–Kier alpha value is -3.18. The Morgan fingerprint density at radius 2 is 1.57 bits per heavy atom. The number of benzene rings is 3. The zero-order chi connectivity index (χ0) is 20.9. The quantitative estimate of drug-likeness (QED) is 0.499. The van der Waals surface area contributed by atoms with E-state index in [1.165, 1.54) is 17.0 Å². The largest absolute Gasteiger partial charge is 0.497 e. The fourth-order valence-corrected chi connectivity index (χ4v) is 3.76. The molecule has 30 heavy (non-hydrogen) atoms. The van der Waals surface area contributed by atoms with Crippen LogP contribution in [0.5, 0.6) is 5.75 Å². The smallest absolute Gasteiger partial charge is 0.123 e. The van der Waals surface area contributed by atoms with Gasteiger partial charge in [-0.05, 0) is 59.9 Å². The molecule has 3 nitrogen and oxygen atoms in total. The first-order valence-corrected chi connectivity index (χ1v) is 10.9. The molecular formula is C25H23FN2OS. The number of halogens is 1. The second kappa shape index (κ2) is 9.09. The van der Waals surface area contributed by atoms with Gasteiger partial charge < -0.3 is 4.74 Å². The van der Waals surface area contributed by atoms with Gasteiger partial charge in [0.2, 0.25) is 0 Å². The number of hydrogen-bond donors (Lipinski definition) is 1. The van der Waals surface area contributed by atoms with Crippen LogP contribution in [0, 0.1) is 5.82 Å². The summed E-state index contributed by atoms with van der Waals surface area (Å²) in [6.45, 7) is 0.698. The van der Waals surface area contributed by atoms with Gasteiger partial charge in [-0.3, -0.25) is 10.4 Å². The van der Waals surface area contributed by atoms with E-state index < -0.39 is 0 Å². The molecule has 1 aliphatic heterocycles. The number of nitrogens with one attached hydrogen (secondary N) is 1. The first-order valence-electron chi connectivity index (χ1n) is 9.65. The summed E-state index contributed by atoms with van der Waals surface area (Å²) in [5.74, 6) is 0.605. The Morgan fingerprint density at radius 1 is 0.900 bits per heavy atom. The van der Waals surface area contributed by atoms with Gasteiger partial charge in [0.25, 0.3) is 0 Å². The number of methoxy groups -OCH3 is 1. The molecule has 3 aromatic rings. The van der Waals surface area contributed by atoms with Crippen LogP contribution in [0.25, 0.3) is 11.3 Å². The number of rotatable bonds is 6. The predicted octanol–water partition coefficient (Wildman–Crippen LogP) is 5.96. The molecule has 0 saturated carbocycles. The Kier molecular flexibility index (Phi) is 6.10. The molecule has 152 valence electrons. The van der Waals surface area contributed by atoms with Crippen LogP contribution in [0.3, 0.4) is 0 Å². The first kappa shape index (κ1) is 20.1. The van der Waals surface area contributed by atoms with Crippen molar-refractivity contribution < 1.29 is 9.13 Å². The summed E-state index contributed by atoms with van der Waals surface area (Å²) >= 11 is 1.72. The minimum atomic E-state index is -0.237. The van der Waals surface area contributed by atoms with Crippen molar-refractivity contribution in [3.63, 3.8) is 0 Å². The number of nitrogens with zero attached hydrogens (tertiary/aromatic N) is 1. The van der Waals surface area contributed by atoms with E-state index in [2.05, 4.69) is 54.2 Å². The standard InChI is InChI=1S/C25H23FN2OS/c1-29-22-11-3-18(4-12-22)17-28-16-15-24(19-5-9-21(26)10-6-19)25(27-28)20-7-13-23(30-2)14-8-20/h3-16,27H,17H2,1-2H3. The van der Waals surface area contributed by atoms with Crippen LogP contribution in [0.2, 0.25) is 0 Å². The molecule has 0 bridgehead atoms. The molecule has 0 aromatic heterocycles. The maximum atomic E-state index is 13.4. The molecule has 4 rings (SSSR count). The van der Waals surface area contributed by atoms with Crippen LogP contribution in [-0.4, -0.2) is 18.4 Å². The van der Waals surface area contributed by atoms with Crippen LogP contribution in [0.1, 0.15) is 16.7 Å². The van der Waals surface area contributed by atoms with Crippen molar-refractivity contribution in [1.29, 1.82) is 0 Å². The molecule has 0 amide bonds. The monoisotopic (exact) mass is 418 g/mol. The third-order valence-corrected chi connectivity index (χ3v) is 5.74. The first-order chi connectivity index (χ1) is 14.7. The van der Waals surface area contributed by atoms with Gasteiger partial charge >= 0.3 is 0 Å². The summed E-state index contributed by atoms with van der Waals surface area (Å²) in [4.78, 5) is 1.21. The molecule has 0 spiro atoms. The highest BCUT2D eigenvalue weighted by atomic mass is 32.2. The highest BCUT2D eigenvalue weighted by molar-refractivity contribution is 7.98. The second-order valence-corrected chi connectivity index (χ2v) is 7.81. The third kappa shape index (κ3) is 4.52. The zero-order valence-corrected chi connectivity index (χ0v) is 17.7. The number of thioether (sulfide) groups is 1. The summed E-state index contributed by atoms with van der Waals surface area (Å²) in [5.41, 5.74) is 8.77. The molecule has 0 radical (unpaired) electrons. The third-order valence-electron chi connectivity index (χ3n) is 4.99. The van der Waals surface area contributed by atoms with E-state index in [1.54, 1.807) is 18.9 Å². The van der Waals surface area contributed by atoms with Crippen molar-refractivity contribution in [2.75, 3.05) is 13.4 Å². The van der Waals surface area contributed by atoms with E-state index in [-0.39, 0.29) is 5.82 Å². The minimum Gasteiger partial charge on any atom is -0.497 e. The van der Waals surface area contributed by atoms with Crippen LogP contribution in [0.4, 0.5) is 4.39 Å². The number of hydrogen-bond acceptors (Lipinski definition) is 4. The summed E-state index contributed by atoms with van der Waals surface area (Å²) in [5, 5.41) is 2.05. The Labute approximate surface area is 180 Å². The van der Waals surface area contributed by atoms with Crippen molar-refractivity contribution in [2.24, 2.45) is 0 Å². The van der Waals surface area contributed by atoms with Gasteiger partial charge in [-0.1, -0.05) is 36.4 Å². The molecule has 0 aliphatic carbocycles. The van der Waals surface area contributed by atoms with E-state index in [0.717, 1.165) is 33.7 Å². The minimum absolute atomic E-state index is 0.237. The van der Waals surface area contributed by atoms with Gasteiger partial charge in [0.15, 0.2) is 0 Å². The van der Waals surface area contributed by atoms with Crippen molar-refractivity contribution in [3.05, 3.63) is 108 Å². The topological polar surface area (TPSA) is 24.5 Å². The Morgan fingerprint density at radius 3 is 2.20 bits per heavy atom. The van der Waals surface area contributed by atoms with Crippen LogP contribution in [0.15, 0.2) is 90.0 Å². The molecular weight excluding hydrogens is 395 g/mol. The lowest BCUT2D eigenvalue weighted by Gasteiger charge is -2.30. The van der Waals surface area contributed by atoms with Gasteiger partial charge in [0, 0.05) is 22.2 Å². The van der Waals surface area contributed by atoms with E-state index in [0.29, 0.717) is 6.54 Å². The molecule has 1 N–H and O–H groups in total. The lowest BCUT2D eigenvalue weighted by Crippen LogP contribution is -2.34. The van der Waals surface area contributed by atoms with Gasteiger partial charge in [0.1, 0.15) is 11.6 Å². The Bertz CT molecular complexity index is 1060. The lowest BCUT2D eigenvalue weighted by atomic mass is 9.98. The maximum absolute atomic E-state index is 13.4. The SMILES string of the molecule is COc1ccc(CN2C=CC(c3ccc(F)cc3)=C(c3ccc(SC)cc3)N2)cc1. The molecule has 3 aromatic carbocycles. The average molecular weight is 419 g/mol. The van der Waals surface area contributed by atoms with Crippen LogP contribution in [-0.2, 0) is 6.54 Å². The second-order valence-electron chi connectivity index (χ2n) is 6.93. The van der Waals surface area contributed by atoms with Crippen molar-refractivity contribution in [1.82, 2.24) is 10.4 Å². The predicted molar refractivity (Wildman–Crippen MR) is 122 cm³/mol. The lowest BCUT2D eigenvalue weighted by molar-refractivity contribution is 0.314. The van der Waals surface area contributed by atoms with Crippen molar-refractivity contribution in [3.8, 4) is 5.75 Å². The van der Waals surface area contributed by atoms with Gasteiger partial charge in [-0.2, -0.15) is 0 Å². The molecule has 0 saturated heterocycles. The van der Waals surface area contributed by atoms with E-state index in [4.69, 9.17) is 4.74 Å². The number of allylic oxidation sites excluding steroid dienone is 2.